The van der Waals surface area contributed by atoms with Crippen molar-refractivity contribution in [1.82, 2.24) is 0 Å². The number of unbranched alkanes of at least 4 members (excludes halogenated alkanes) is 2. The quantitative estimate of drug-likeness (QED) is 0.709. The van der Waals surface area contributed by atoms with Gasteiger partial charge in [0.1, 0.15) is 0 Å². The summed E-state index contributed by atoms with van der Waals surface area (Å²) in [5, 5.41) is 0. The Balaban J connectivity index is 0.000000296. The van der Waals surface area contributed by atoms with Crippen LogP contribution in [0.1, 0.15) is 84.5 Å². The zero-order valence-electron chi connectivity index (χ0n) is 13.8. The number of hydrogen-bond donors (Lipinski definition) is 0. The summed E-state index contributed by atoms with van der Waals surface area (Å²) in [5.74, 6) is -0.0509. The van der Waals surface area contributed by atoms with E-state index < -0.39 is 0 Å². The average Bonchev–Trinajstić information content (AvgIpc) is 2.85. The van der Waals surface area contributed by atoms with Gasteiger partial charge in [-0.3, -0.25) is 9.59 Å². The number of hydrogen-bond acceptors (Lipinski definition) is 4. The molecule has 2 saturated heterocycles. The van der Waals surface area contributed by atoms with Gasteiger partial charge in [-0.1, -0.05) is 33.1 Å². The van der Waals surface area contributed by atoms with Crippen molar-refractivity contribution >= 4 is 11.9 Å². The molecule has 21 heavy (non-hydrogen) atoms. The Morgan fingerprint density at radius 3 is 1.48 bits per heavy atom. The Morgan fingerprint density at radius 1 is 0.714 bits per heavy atom. The highest BCUT2D eigenvalue weighted by atomic mass is 16.5. The van der Waals surface area contributed by atoms with Crippen LogP contribution < -0.4 is 0 Å². The SMILES string of the molecule is CCCCC.O=C1CCCCCO1.O=C1CCCCCO1. The summed E-state index contributed by atoms with van der Waals surface area (Å²) >= 11 is 0. The Kier molecular flexibility index (Phi) is 14.6. The van der Waals surface area contributed by atoms with Gasteiger partial charge in [-0.15, -0.1) is 0 Å². The van der Waals surface area contributed by atoms with Crippen LogP contribution in [0.5, 0.6) is 0 Å². The van der Waals surface area contributed by atoms with Crippen molar-refractivity contribution in [2.24, 2.45) is 0 Å². The minimum absolute atomic E-state index is 0.0255. The molecule has 0 aromatic heterocycles. The lowest BCUT2D eigenvalue weighted by Crippen LogP contribution is -2.00. The average molecular weight is 300 g/mol. The van der Waals surface area contributed by atoms with Crippen molar-refractivity contribution in [3.8, 4) is 0 Å². The Labute approximate surface area is 129 Å². The molecule has 0 spiro atoms. The summed E-state index contributed by atoms with van der Waals surface area (Å²) in [5.41, 5.74) is 0. The van der Waals surface area contributed by atoms with Crippen LogP contribution in [0.4, 0.5) is 0 Å². The van der Waals surface area contributed by atoms with Crippen molar-refractivity contribution in [2.45, 2.75) is 84.5 Å². The molecule has 0 amide bonds. The van der Waals surface area contributed by atoms with Crippen LogP contribution in [0.25, 0.3) is 0 Å². The molecule has 2 heterocycles. The molecular weight excluding hydrogens is 268 g/mol. The zero-order valence-corrected chi connectivity index (χ0v) is 13.8. The monoisotopic (exact) mass is 300 g/mol. The predicted octanol–water partition coefficient (Wildman–Crippen LogP) is 4.40. The fourth-order valence-corrected chi connectivity index (χ4v) is 1.97. The van der Waals surface area contributed by atoms with Gasteiger partial charge in [-0.2, -0.15) is 0 Å². The molecule has 4 nitrogen and oxygen atoms in total. The second-order valence-electron chi connectivity index (χ2n) is 5.42. The summed E-state index contributed by atoms with van der Waals surface area (Å²) in [6.07, 6.45) is 11.7. The lowest BCUT2D eigenvalue weighted by molar-refractivity contribution is -0.143. The fourth-order valence-electron chi connectivity index (χ4n) is 1.97. The summed E-state index contributed by atoms with van der Waals surface area (Å²) in [6.45, 7) is 5.70. The second-order valence-corrected chi connectivity index (χ2v) is 5.42. The summed E-state index contributed by atoms with van der Waals surface area (Å²) in [7, 11) is 0. The highest BCUT2D eigenvalue weighted by Gasteiger charge is 2.06. The van der Waals surface area contributed by atoms with E-state index in [0.717, 1.165) is 38.5 Å². The molecule has 0 bridgehead atoms. The first-order valence-corrected chi connectivity index (χ1v) is 8.52. The van der Waals surface area contributed by atoms with E-state index in [0.29, 0.717) is 26.1 Å². The van der Waals surface area contributed by atoms with Crippen LogP contribution in [0.15, 0.2) is 0 Å². The Bertz CT molecular complexity index is 218. The Morgan fingerprint density at radius 2 is 1.14 bits per heavy atom. The van der Waals surface area contributed by atoms with E-state index in [1.54, 1.807) is 0 Å². The largest absolute Gasteiger partial charge is 0.466 e. The number of carbonyl (C=O) groups excluding carboxylic acids is 2. The highest BCUT2D eigenvalue weighted by molar-refractivity contribution is 5.69. The lowest BCUT2D eigenvalue weighted by atomic mass is 10.2. The smallest absolute Gasteiger partial charge is 0.305 e. The topological polar surface area (TPSA) is 52.6 Å². The van der Waals surface area contributed by atoms with Gasteiger partial charge in [0.05, 0.1) is 13.2 Å². The number of carbonyl (C=O) groups is 2. The maximum absolute atomic E-state index is 10.5. The molecule has 0 atom stereocenters. The van der Waals surface area contributed by atoms with Crippen LogP contribution in [0, 0.1) is 0 Å². The maximum atomic E-state index is 10.5. The third-order valence-corrected chi connectivity index (χ3v) is 3.28. The number of rotatable bonds is 2. The number of esters is 2. The molecule has 124 valence electrons. The van der Waals surface area contributed by atoms with Gasteiger partial charge in [0.15, 0.2) is 0 Å². The zero-order chi connectivity index (χ0) is 15.8. The van der Waals surface area contributed by atoms with E-state index in [4.69, 9.17) is 9.47 Å². The van der Waals surface area contributed by atoms with Crippen molar-refractivity contribution in [2.75, 3.05) is 13.2 Å². The maximum Gasteiger partial charge on any atom is 0.305 e. The van der Waals surface area contributed by atoms with Crippen molar-refractivity contribution < 1.29 is 19.1 Å². The molecule has 2 rings (SSSR count). The van der Waals surface area contributed by atoms with Gasteiger partial charge in [0.2, 0.25) is 0 Å². The molecule has 0 unspecified atom stereocenters. The van der Waals surface area contributed by atoms with Gasteiger partial charge in [0.25, 0.3) is 0 Å². The number of ether oxygens (including phenoxy) is 2. The molecule has 0 radical (unpaired) electrons. The van der Waals surface area contributed by atoms with Crippen LogP contribution in [-0.2, 0) is 19.1 Å². The number of cyclic esters (lactones) is 2. The molecule has 0 aliphatic carbocycles. The van der Waals surface area contributed by atoms with E-state index in [-0.39, 0.29) is 11.9 Å². The molecule has 2 aliphatic heterocycles. The molecule has 0 N–H and O–H groups in total. The third kappa shape index (κ3) is 15.2. The summed E-state index contributed by atoms with van der Waals surface area (Å²) in [6, 6.07) is 0. The van der Waals surface area contributed by atoms with Gasteiger partial charge < -0.3 is 9.47 Å². The van der Waals surface area contributed by atoms with Crippen molar-refractivity contribution in [3.05, 3.63) is 0 Å². The minimum atomic E-state index is -0.0255. The molecule has 0 aromatic rings. The van der Waals surface area contributed by atoms with Gasteiger partial charge in [-0.25, -0.2) is 0 Å². The van der Waals surface area contributed by atoms with Crippen LogP contribution in [0.3, 0.4) is 0 Å². The van der Waals surface area contributed by atoms with Crippen LogP contribution in [-0.4, -0.2) is 25.2 Å². The Hall–Kier alpha value is -1.06. The van der Waals surface area contributed by atoms with E-state index in [9.17, 15) is 9.59 Å². The fraction of sp³-hybridized carbons (Fsp3) is 0.882. The first-order chi connectivity index (χ1) is 10.2. The van der Waals surface area contributed by atoms with Gasteiger partial charge in [0, 0.05) is 12.8 Å². The first-order valence-electron chi connectivity index (χ1n) is 8.52. The standard InChI is InChI=1S/2C6H10O2.C5H12/c2*7-6-4-2-1-3-5-8-6;1-3-5-4-2/h2*1-5H2;3-5H2,1-2H3. The lowest BCUT2D eigenvalue weighted by Gasteiger charge is -1.93. The van der Waals surface area contributed by atoms with E-state index in [1.807, 2.05) is 0 Å². The van der Waals surface area contributed by atoms with E-state index in [1.165, 1.54) is 19.3 Å². The molecule has 0 aromatic carbocycles. The van der Waals surface area contributed by atoms with E-state index in [2.05, 4.69) is 13.8 Å². The first kappa shape index (κ1) is 19.9. The molecule has 2 fully saturated rings. The van der Waals surface area contributed by atoms with Crippen molar-refractivity contribution in [1.29, 1.82) is 0 Å². The third-order valence-electron chi connectivity index (χ3n) is 3.28. The molecule has 2 aliphatic rings. The predicted molar refractivity (Wildman–Crippen MR) is 84.1 cm³/mol. The summed E-state index contributed by atoms with van der Waals surface area (Å²) in [4.78, 5) is 20.9. The highest BCUT2D eigenvalue weighted by Crippen LogP contribution is 2.07. The molecule has 0 saturated carbocycles. The van der Waals surface area contributed by atoms with Crippen LogP contribution >= 0.6 is 0 Å². The van der Waals surface area contributed by atoms with Gasteiger partial charge >= 0.3 is 11.9 Å². The second kappa shape index (κ2) is 15.3. The molecule has 4 heteroatoms. The minimum Gasteiger partial charge on any atom is -0.466 e. The van der Waals surface area contributed by atoms with Crippen LogP contribution in [0.2, 0.25) is 0 Å². The normalized spacial score (nSPS) is 18.6. The van der Waals surface area contributed by atoms with E-state index >= 15 is 0 Å². The van der Waals surface area contributed by atoms with Gasteiger partial charge in [-0.05, 0) is 38.5 Å². The summed E-state index contributed by atoms with van der Waals surface area (Å²) < 4.78 is 9.53. The van der Waals surface area contributed by atoms with Crippen molar-refractivity contribution in [3.63, 3.8) is 0 Å². The molecular formula is C17H32O4.